The van der Waals surface area contributed by atoms with Gasteiger partial charge >= 0.3 is 0 Å². The fourth-order valence-corrected chi connectivity index (χ4v) is 3.15. The van der Waals surface area contributed by atoms with Crippen LogP contribution in [0.15, 0.2) is 47.4 Å². The Hall–Kier alpha value is -2.93. The molecule has 0 aliphatic carbocycles. The van der Waals surface area contributed by atoms with Gasteiger partial charge in [-0.2, -0.15) is 0 Å². The minimum Gasteiger partial charge on any atom is -0.441 e. The zero-order chi connectivity index (χ0) is 19.9. The summed E-state index contributed by atoms with van der Waals surface area (Å²) in [6.07, 6.45) is 1.88. The van der Waals surface area contributed by atoms with E-state index in [0.717, 1.165) is 5.56 Å². The number of rotatable bonds is 7. The van der Waals surface area contributed by atoms with Crippen LogP contribution in [0.4, 0.5) is 0 Å². The number of oxazole rings is 1. The molecule has 0 bridgehead atoms. The van der Waals surface area contributed by atoms with Gasteiger partial charge in [0.25, 0.3) is 0 Å². The topological polar surface area (TPSA) is 78.7 Å². The summed E-state index contributed by atoms with van der Waals surface area (Å²) in [6.45, 7) is 8.81. The number of piperazine rings is 1. The average molecular weight is 382 g/mol. The van der Waals surface area contributed by atoms with E-state index in [1.165, 1.54) is 0 Å². The molecule has 2 amide bonds. The molecule has 3 rings (SSSR count). The summed E-state index contributed by atoms with van der Waals surface area (Å²) in [6, 6.07) is 9.66. The molecule has 1 aromatic carbocycles. The van der Waals surface area contributed by atoms with Crippen LogP contribution in [-0.2, 0) is 16.0 Å². The van der Waals surface area contributed by atoms with Gasteiger partial charge in [0.05, 0.1) is 18.7 Å². The number of benzene rings is 1. The van der Waals surface area contributed by atoms with Crippen LogP contribution in [0.25, 0.3) is 11.5 Å². The molecule has 1 fully saturated rings. The van der Waals surface area contributed by atoms with Crippen LogP contribution in [0.1, 0.15) is 11.5 Å². The normalized spacial score (nSPS) is 14.7. The molecule has 2 heterocycles. The summed E-state index contributed by atoms with van der Waals surface area (Å²) < 4.78 is 5.74. The zero-order valence-electron chi connectivity index (χ0n) is 16.2. The van der Waals surface area contributed by atoms with Crippen molar-refractivity contribution in [2.75, 3.05) is 39.3 Å². The Labute approximate surface area is 165 Å². The van der Waals surface area contributed by atoms with Gasteiger partial charge in [0.15, 0.2) is 0 Å². The number of amides is 2. The Morgan fingerprint density at radius 3 is 2.61 bits per heavy atom. The van der Waals surface area contributed by atoms with E-state index in [2.05, 4.69) is 21.8 Å². The molecule has 0 radical (unpaired) electrons. The molecule has 7 nitrogen and oxygen atoms in total. The molecule has 148 valence electrons. The Morgan fingerprint density at radius 1 is 1.21 bits per heavy atom. The summed E-state index contributed by atoms with van der Waals surface area (Å²) in [7, 11) is 0. The maximum absolute atomic E-state index is 12.7. The summed E-state index contributed by atoms with van der Waals surface area (Å²) in [4.78, 5) is 32.8. The highest BCUT2D eigenvalue weighted by atomic mass is 16.4. The third-order valence-electron chi connectivity index (χ3n) is 4.77. The molecule has 0 saturated carbocycles. The molecule has 1 saturated heterocycles. The van der Waals surface area contributed by atoms with Crippen LogP contribution < -0.4 is 5.32 Å². The molecule has 0 unspecified atom stereocenters. The second kappa shape index (κ2) is 9.32. The monoisotopic (exact) mass is 382 g/mol. The first-order valence-electron chi connectivity index (χ1n) is 9.46. The minimum atomic E-state index is -0.0219. The van der Waals surface area contributed by atoms with Crippen LogP contribution in [0.3, 0.4) is 0 Å². The Bertz CT molecular complexity index is 823. The van der Waals surface area contributed by atoms with Gasteiger partial charge in [-0.05, 0) is 19.1 Å². The number of carbonyl (C=O) groups is 2. The van der Waals surface area contributed by atoms with Crippen LogP contribution in [0.5, 0.6) is 0 Å². The van der Waals surface area contributed by atoms with E-state index >= 15 is 0 Å². The van der Waals surface area contributed by atoms with Gasteiger partial charge in [-0.1, -0.05) is 24.3 Å². The molecule has 1 aliphatic heterocycles. The molecule has 1 aliphatic rings. The number of aryl methyl sites for hydroxylation is 1. The van der Waals surface area contributed by atoms with Crippen LogP contribution in [-0.4, -0.2) is 65.9 Å². The van der Waals surface area contributed by atoms with Crippen molar-refractivity contribution in [1.29, 1.82) is 0 Å². The Balaban J connectivity index is 1.52. The standard InChI is InChI=1S/C21H26N4O3/c1-3-9-22-19(26)15-24-10-12-25(13-11-24)20(27)14-18-16(2)28-21(23-18)17-7-5-4-6-8-17/h3-8H,1,9-15H2,2H3,(H,22,26). The van der Waals surface area contributed by atoms with E-state index in [-0.39, 0.29) is 18.2 Å². The smallest absolute Gasteiger partial charge is 0.234 e. The molecule has 0 spiro atoms. The van der Waals surface area contributed by atoms with E-state index in [1.807, 2.05) is 42.2 Å². The van der Waals surface area contributed by atoms with E-state index in [9.17, 15) is 9.59 Å². The lowest BCUT2D eigenvalue weighted by Gasteiger charge is -2.34. The molecular formula is C21H26N4O3. The zero-order valence-corrected chi connectivity index (χ0v) is 16.2. The maximum atomic E-state index is 12.7. The molecule has 1 aromatic heterocycles. The molecule has 28 heavy (non-hydrogen) atoms. The summed E-state index contributed by atoms with van der Waals surface area (Å²) in [5, 5.41) is 2.77. The predicted octanol–water partition coefficient (Wildman–Crippen LogP) is 1.64. The molecule has 0 atom stereocenters. The maximum Gasteiger partial charge on any atom is 0.234 e. The lowest BCUT2D eigenvalue weighted by molar-refractivity contribution is -0.132. The van der Waals surface area contributed by atoms with E-state index < -0.39 is 0 Å². The van der Waals surface area contributed by atoms with Gasteiger partial charge in [0.2, 0.25) is 17.7 Å². The Morgan fingerprint density at radius 2 is 1.93 bits per heavy atom. The van der Waals surface area contributed by atoms with Gasteiger partial charge in [0.1, 0.15) is 5.76 Å². The van der Waals surface area contributed by atoms with Crippen molar-refractivity contribution >= 4 is 11.8 Å². The number of hydrogen-bond acceptors (Lipinski definition) is 5. The van der Waals surface area contributed by atoms with Crippen molar-refractivity contribution in [2.45, 2.75) is 13.3 Å². The molecule has 1 N–H and O–H groups in total. The number of aromatic nitrogens is 1. The highest BCUT2D eigenvalue weighted by molar-refractivity contribution is 5.79. The van der Waals surface area contributed by atoms with Gasteiger partial charge in [0, 0.05) is 38.3 Å². The largest absolute Gasteiger partial charge is 0.441 e. The van der Waals surface area contributed by atoms with Crippen molar-refractivity contribution < 1.29 is 14.0 Å². The van der Waals surface area contributed by atoms with Gasteiger partial charge in [-0.25, -0.2) is 4.98 Å². The number of hydrogen-bond donors (Lipinski definition) is 1. The fraction of sp³-hybridized carbons (Fsp3) is 0.381. The van der Waals surface area contributed by atoms with Crippen molar-refractivity contribution in [3.63, 3.8) is 0 Å². The summed E-state index contributed by atoms with van der Waals surface area (Å²) in [5.41, 5.74) is 1.57. The third kappa shape index (κ3) is 5.07. The second-order valence-corrected chi connectivity index (χ2v) is 6.81. The van der Waals surface area contributed by atoms with Crippen molar-refractivity contribution in [2.24, 2.45) is 0 Å². The van der Waals surface area contributed by atoms with Crippen LogP contribution >= 0.6 is 0 Å². The fourth-order valence-electron chi connectivity index (χ4n) is 3.15. The first kappa shape index (κ1) is 19.8. The third-order valence-corrected chi connectivity index (χ3v) is 4.77. The summed E-state index contributed by atoms with van der Waals surface area (Å²) >= 11 is 0. The lowest BCUT2D eigenvalue weighted by atomic mass is 10.2. The van der Waals surface area contributed by atoms with Gasteiger partial charge in [-0.3, -0.25) is 14.5 Å². The predicted molar refractivity (Wildman–Crippen MR) is 107 cm³/mol. The first-order chi connectivity index (χ1) is 13.6. The lowest BCUT2D eigenvalue weighted by Crippen LogP contribution is -2.51. The van der Waals surface area contributed by atoms with Gasteiger partial charge in [-0.15, -0.1) is 6.58 Å². The second-order valence-electron chi connectivity index (χ2n) is 6.81. The summed E-state index contributed by atoms with van der Waals surface area (Å²) in [5.74, 6) is 1.22. The number of nitrogens with one attached hydrogen (secondary N) is 1. The minimum absolute atomic E-state index is 0.0219. The van der Waals surface area contributed by atoms with E-state index in [0.29, 0.717) is 56.6 Å². The van der Waals surface area contributed by atoms with Crippen LogP contribution in [0, 0.1) is 6.92 Å². The SMILES string of the molecule is C=CCNC(=O)CN1CCN(C(=O)Cc2nc(-c3ccccc3)oc2C)CC1. The quantitative estimate of drug-likeness (QED) is 0.737. The molecule has 2 aromatic rings. The van der Waals surface area contributed by atoms with Crippen molar-refractivity contribution in [3.05, 3.63) is 54.4 Å². The van der Waals surface area contributed by atoms with E-state index in [4.69, 9.17) is 4.42 Å². The first-order valence-corrected chi connectivity index (χ1v) is 9.46. The van der Waals surface area contributed by atoms with Crippen molar-refractivity contribution in [3.8, 4) is 11.5 Å². The molecular weight excluding hydrogens is 356 g/mol. The molecule has 7 heteroatoms. The van der Waals surface area contributed by atoms with E-state index in [1.54, 1.807) is 6.08 Å². The highest BCUT2D eigenvalue weighted by Gasteiger charge is 2.24. The average Bonchev–Trinajstić information content (AvgIpc) is 3.08. The van der Waals surface area contributed by atoms with Crippen LogP contribution in [0.2, 0.25) is 0 Å². The van der Waals surface area contributed by atoms with Gasteiger partial charge < -0.3 is 14.6 Å². The Kier molecular flexibility index (Phi) is 6.60. The number of nitrogens with zero attached hydrogens (tertiary/aromatic N) is 3. The highest BCUT2D eigenvalue weighted by Crippen LogP contribution is 2.22. The van der Waals surface area contributed by atoms with Crippen molar-refractivity contribution in [1.82, 2.24) is 20.1 Å². The number of carbonyl (C=O) groups excluding carboxylic acids is 2.